The summed E-state index contributed by atoms with van der Waals surface area (Å²) in [6.45, 7) is 0. The minimum atomic E-state index is -0.423. The van der Waals surface area contributed by atoms with E-state index in [2.05, 4.69) is 0 Å². The molecular formula is C24H15Cl3O3. The van der Waals surface area contributed by atoms with Gasteiger partial charge in [-0.15, -0.1) is 0 Å². The standard InChI is InChI=1S/C24H15Cl3O3/c25-16-6-1-14(2-7-16)3-10-21(28)19-11-18-20(27)12-23(30-24(18)13-22(19)29)15-4-8-17(26)9-5-15/h1-13,23,29H/b10-3+. The van der Waals surface area contributed by atoms with Crippen LogP contribution in [0.3, 0.4) is 0 Å². The van der Waals surface area contributed by atoms with E-state index in [0.717, 1.165) is 11.1 Å². The lowest BCUT2D eigenvalue weighted by Gasteiger charge is -2.24. The molecule has 30 heavy (non-hydrogen) atoms. The highest BCUT2D eigenvalue weighted by atomic mass is 35.5. The van der Waals surface area contributed by atoms with Crippen LogP contribution in [-0.4, -0.2) is 10.9 Å². The van der Waals surface area contributed by atoms with E-state index in [1.165, 1.54) is 18.2 Å². The first kappa shape index (κ1) is 20.5. The van der Waals surface area contributed by atoms with Crippen molar-refractivity contribution in [3.8, 4) is 11.5 Å². The molecule has 6 heteroatoms. The molecule has 0 bridgehead atoms. The zero-order valence-corrected chi connectivity index (χ0v) is 17.7. The van der Waals surface area contributed by atoms with Gasteiger partial charge in [-0.25, -0.2) is 0 Å². The van der Waals surface area contributed by atoms with Gasteiger partial charge in [0.1, 0.15) is 17.6 Å². The third-order valence-corrected chi connectivity index (χ3v) is 5.50. The summed E-state index contributed by atoms with van der Waals surface area (Å²) >= 11 is 18.3. The second kappa shape index (κ2) is 8.57. The van der Waals surface area contributed by atoms with Crippen molar-refractivity contribution in [3.05, 3.63) is 105 Å². The zero-order chi connectivity index (χ0) is 21.3. The molecule has 3 aromatic carbocycles. The van der Waals surface area contributed by atoms with E-state index in [-0.39, 0.29) is 17.1 Å². The molecule has 1 aliphatic rings. The number of ketones is 1. The van der Waals surface area contributed by atoms with Crippen LogP contribution in [0, 0.1) is 0 Å². The lowest BCUT2D eigenvalue weighted by Crippen LogP contribution is -2.11. The Morgan fingerprint density at radius 1 is 0.933 bits per heavy atom. The molecule has 0 spiro atoms. The number of benzene rings is 3. The molecule has 1 heterocycles. The quantitative estimate of drug-likeness (QED) is 0.330. The largest absolute Gasteiger partial charge is 0.507 e. The van der Waals surface area contributed by atoms with Crippen LogP contribution in [0.1, 0.15) is 33.2 Å². The van der Waals surface area contributed by atoms with Gasteiger partial charge >= 0.3 is 0 Å². The predicted octanol–water partition coefficient (Wildman–Crippen LogP) is 7.31. The summed E-state index contributed by atoms with van der Waals surface area (Å²) in [6, 6.07) is 17.2. The van der Waals surface area contributed by atoms with Gasteiger partial charge in [-0.2, -0.15) is 0 Å². The van der Waals surface area contributed by atoms with Crippen LogP contribution in [0.5, 0.6) is 11.5 Å². The van der Waals surface area contributed by atoms with Crippen molar-refractivity contribution in [3.63, 3.8) is 0 Å². The number of hydrogen-bond donors (Lipinski definition) is 1. The van der Waals surface area contributed by atoms with Crippen LogP contribution in [-0.2, 0) is 0 Å². The van der Waals surface area contributed by atoms with Crippen LogP contribution in [0.2, 0.25) is 10.0 Å². The molecule has 150 valence electrons. The Labute approximate surface area is 188 Å². The van der Waals surface area contributed by atoms with Crippen molar-refractivity contribution in [1.29, 1.82) is 0 Å². The number of phenols is 1. The normalized spacial score (nSPS) is 15.4. The fourth-order valence-corrected chi connectivity index (χ4v) is 3.61. The van der Waals surface area contributed by atoms with Gasteiger partial charge in [0, 0.05) is 21.7 Å². The molecule has 4 rings (SSSR count). The van der Waals surface area contributed by atoms with Gasteiger partial charge in [-0.3, -0.25) is 4.79 Å². The monoisotopic (exact) mass is 456 g/mol. The number of phenolic OH excluding ortho intramolecular Hbond substituents is 1. The maximum atomic E-state index is 12.6. The molecule has 1 aliphatic heterocycles. The average molecular weight is 458 g/mol. The van der Waals surface area contributed by atoms with Crippen LogP contribution < -0.4 is 4.74 Å². The van der Waals surface area contributed by atoms with Crippen molar-refractivity contribution < 1.29 is 14.6 Å². The molecule has 1 unspecified atom stereocenters. The van der Waals surface area contributed by atoms with Crippen LogP contribution in [0.4, 0.5) is 0 Å². The topological polar surface area (TPSA) is 46.5 Å². The number of rotatable bonds is 4. The maximum Gasteiger partial charge on any atom is 0.189 e. The first-order valence-corrected chi connectivity index (χ1v) is 10.2. The lowest BCUT2D eigenvalue weighted by atomic mass is 9.99. The minimum absolute atomic E-state index is 0.138. The number of allylic oxidation sites excluding steroid dienone is 1. The first-order valence-electron chi connectivity index (χ1n) is 9.05. The summed E-state index contributed by atoms with van der Waals surface area (Å²) in [4.78, 5) is 12.6. The van der Waals surface area contributed by atoms with Crippen molar-refractivity contribution in [1.82, 2.24) is 0 Å². The van der Waals surface area contributed by atoms with Crippen LogP contribution in [0.15, 0.2) is 72.8 Å². The fraction of sp³-hybridized carbons (Fsp3) is 0.0417. The Kier molecular flexibility index (Phi) is 5.87. The number of carbonyl (C=O) groups excluding carboxylic acids is 1. The molecule has 0 saturated heterocycles. The Balaban J connectivity index is 1.61. The summed E-state index contributed by atoms with van der Waals surface area (Å²) < 4.78 is 5.98. The number of ether oxygens (including phenoxy) is 1. The van der Waals surface area contributed by atoms with E-state index >= 15 is 0 Å². The van der Waals surface area contributed by atoms with Crippen molar-refractivity contribution in [2.75, 3.05) is 0 Å². The molecule has 0 fully saturated rings. The summed E-state index contributed by atoms with van der Waals surface area (Å²) in [7, 11) is 0. The van der Waals surface area contributed by atoms with Crippen LogP contribution >= 0.6 is 34.8 Å². The maximum absolute atomic E-state index is 12.6. The van der Waals surface area contributed by atoms with Gasteiger partial charge in [0.05, 0.1) is 10.6 Å². The Morgan fingerprint density at radius 3 is 2.23 bits per heavy atom. The molecule has 0 aromatic heterocycles. The third kappa shape index (κ3) is 4.39. The SMILES string of the molecule is O=C(/C=C/c1ccc(Cl)cc1)c1cc2c(cc1O)OC(c1ccc(Cl)cc1)C=C2Cl. The van der Waals surface area contributed by atoms with Gasteiger partial charge < -0.3 is 9.84 Å². The first-order chi connectivity index (χ1) is 14.4. The van der Waals surface area contributed by atoms with Crippen molar-refractivity contribution >= 4 is 51.7 Å². The van der Waals surface area contributed by atoms with Gasteiger partial charge in [0.15, 0.2) is 5.78 Å². The van der Waals surface area contributed by atoms with E-state index in [4.69, 9.17) is 39.5 Å². The summed E-state index contributed by atoms with van der Waals surface area (Å²) in [5, 5.41) is 12.1. The number of hydrogen-bond acceptors (Lipinski definition) is 3. The molecule has 0 amide bonds. The van der Waals surface area contributed by atoms with E-state index in [0.29, 0.717) is 26.4 Å². The Morgan fingerprint density at radius 2 is 1.57 bits per heavy atom. The lowest BCUT2D eigenvalue weighted by molar-refractivity contribution is 0.104. The number of fused-ring (bicyclic) bond motifs is 1. The van der Waals surface area contributed by atoms with Crippen molar-refractivity contribution in [2.45, 2.75) is 6.10 Å². The molecule has 0 saturated carbocycles. The van der Waals surface area contributed by atoms with Gasteiger partial charge in [0.25, 0.3) is 0 Å². The van der Waals surface area contributed by atoms with Crippen molar-refractivity contribution in [2.24, 2.45) is 0 Å². The highest BCUT2D eigenvalue weighted by Crippen LogP contribution is 2.42. The average Bonchev–Trinajstić information content (AvgIpc) is 2.73. The number of aromatic hydroxyl groups is 1. The molecule has 3 nitrogen and oxygen atoms in total. The highest BCUT2D eigenvalue weighted by Gasteiger charge is 2.24. The number of halogens is 3. The van der Waals surface area contributed by atoms with Crippen LogP contribution in [0.25, 0.3) is 11.1 Å². The number of carbonyl (C=O) groups is 1. The molecule has 1 N–H and O–H groups in total. The second-order valence-electron chi connectivity index (χ2n) is 6.72. The summed E-state index contributed by atoms with van der Waals surface area (Å²) in [5.41, 5.74) is 2.37. The minimum Gasteiger partial charge on any atom is -0.507 e. The zero-order valence-electron chi connectivity index (χ0n) is 15.5. The summed E-state index contributed by atoms with van der Waals surface area (Å²) in [6.07, 6.45) is 4.38. The summed E-state index contributed by atoms with van der Waals surface area (Å²) in [5.74, 6) is -0.131. The smallest absolute Gasteiger partial charge is 0.189 e. The molecular weight excluding hydrogens is 443 g/mol. The van der Waals surface area contributed by atoms with Gasteiger partial charge in [-0.1, -0.05) is 65.1 Å². The fourth-order valence-electron chi connectivity index (χ4n) is 3.10. The van der Waals surface area contributed by atoms with E-state index in [1.54, 1.807) is 48.6 Å². The molecule has 3 aromatic rings. The highest BCUT2D eigenvalue weighted by molar-refractivity contribution is 6.49. The van der Waals surface area contributed by atoms with Gasteiger partial charge in [-0.05, 0) is 53.6 Å². The van der Waals surface area contributed by atoms with E-state index in [1.807, 2.05) is 12.1 Å². The Bertz CT molecular complexity index is 1160. The predicted molar refractivity (Wildman–Crippen MR) is 122 cm³/mol. The third-order valence-electron chi connectivity index (χ3n) is 4.67. The Hall–Kier alpha value is -2.72. The molecule has 1 atom stereocenters. The van der Waals surface area contributed by atoms with Gasteiger partial charge in [0.2, 0.25) is 0 Å². The molecule has 0 radical (unpaired) electrons. The van der Waals surface area contributed by atoms with E-state index < -0.39 is 6.10 Å². The molecule has 0 aliphatic carbocycles. The van der Waals surface area contributed by atoms with E-state index in [9.17, 15) is 9.90 Å². The second-order valence-corrected chi connectivity index (χ2v) is 8.00.